The highest BCUT2D eigenvalue weighted by Gasteiger charge is 2.42. The molecule has 18 heavy (non-hydrogen) atoms. The maximum absolute atomic E-state index is 11.9. The summed E-state index contributed by atoms with van der Waals surface area (Å²) in [6.07, 6.45) is -1.16. The Labute approximate surface area is 108 Å². The van der Waals surface area contributed by atoms with Crippen molar-refractivity contribution in [2.24, 2.45) is 0 Å². The van der Waals surface area contributed by atoms with Gasteiger partial charge in [0, 0.05) is 17.5 Å². The van der Waals surface area contributed by atoms with Crippen LogP contribution >= 0.6 is 11.6 Å². The summed E-state index contributed by atoms with van der Waals surface area (Å²) < 4.78 is 40.1. The summed E-state index contributed by atoms with van der Waals surface area (Å²) in [5.74, 6) is -0.352. The van der Waals surface area contributed by atoms with Crippen LogP contribution in [-0.4, -0.2) is 47.7 Å². The van der Waals surface area contributed by atoms with Crippen molar-refractivity contribution in [3.63, 3.8) is 0 Å². The number of halogens is 4. The Morgan fingerprint density at radius 1 is 1.28 bits per heavy atom. The third kappa shape index (κ3) is 3.29. The van der Waals surface area contributed by atoms with Gasteiger partial charge in [-0.3, -0.25) is 4.79 Å². The molecule has 2 aliphatic heterocycles. The molecule has 104 valence electrons. The lowest BCUT2D eigenvalue weighted by Crippen LogP contribution is -2.48. The second kappa shape index (κ2) is 5.25. The van der Waals surface area contributed by atoms with Gasteiger partial charge in [-0.25, -0.2) is 0 Å². The molecule has 0 aromatic rings. The molecule has 1 amide bonds. The molecule has 0 spiro atoms. The maximum atomic E-state index is 11.9. The Balaban J connectivity index is 1.83. The highest BCUT2D eigenvalue weighted by Crippen LogP contribution is 2.37. The minimum absolute atomic E-state index is 0.0719. The average molecular weight is 286 g/mol. The molecule has 0 N–H and O–H groups in total. The number of piperidine rings is 1. The molecule has 2 saturated heterocycles. The minimum Gasteiger partial charge on any atom is -0.362 e. The van der Waals surface area contributed by atoms with E-state index < -0.39 is 19.4 Å². The van der Waals surface area contributed by atoms with Crippen molar-refractivity contribution < 1.29 is 22.7 Å². The lowest BCUT2D eigenvalue weighted by atomic mass is 10.0. The van der Waals surface area contributed by atoms with Crippen LogP contribution in [0.15, 0.2) is 0 Å². The van der Waals surface area contributed by atoms with Gasteiger partial charge in [-0.15, -0.1) is 11.6 Å². The lowest BCUT2D eigenvalue weighted by molar-refractivity contribution is -0.178. The van der Waals surface area contributed by atoms with Crippen molar-refractivity contribution >= 4 is 17.5 Å². The Hall–Kier alpha value is -0.490. The monoisotopic (exact) mass is 285 g/mol. The Morgan fingerprint density at radius 3 is 2.33 bits per heavy atom. The number of nitrogens with zero attached hydrogens (tertiary/aromatic N) is 1. The van der Waals surface area contributed by atoms with Gasteiger partial charge in [0.25, 0.3) is 0 Å². The first-order valence-corrected chi connectivity index (χ1v) is 6.40. The summed E-state index contributed by atoms with van der Waals surface area (Å²) in [5.41, 5.74) is 0. The van der Waals surface area contributed by atoms with Crippen LogP contribution in [0.25, 0.3) is 0 Å². The molecule has 2 aliphatic rings. The molecule has 0 saturated carbocycles. The minimum atomic E-state index is -4.39. The fourth-order valence-corrected chi connectivity index (χ4v) is 3.26. The van der Waals surface area contributed by atoms with Gasteiger partial charge < -0.3 is 9.64 Å². The summed E-state index contributed by atoms with van der Waals surface area (Å²) in [6.45, 7) is -1.88. The van der Waals surface area contributed by atoms with Gasteiger partial charge in [0.2, 0.25) is 5.91 Å². The molecule has 2 bridgehead atoms. The molecule has 0 aromatic heterocycles. The second-order valence-electron chi connectivity index (χ2n) is 4.86. The smallest absolute Gasteiger partial charge is 0.362 e. The highest BCUT2D eigenvalue weighted by atomic mass is 35.5. The number of hydrogen-bond acceptors (Lipinski definition) is 2. The molecule has 7 heteroatoms. The van der Waals surface area contributed by atoms with Crippen LogP contribution in [0.2, 0.25) is 0 Å². The number of alkyl halides is 4. The topological polar surface area (TPSA) is 29.5 Å². The van der Waals surface area contributed by atoms with Gasteiger partial charge in [0.1, 0.15) is 13.2 Å². The van der Waals surface area contributed by atoms with E-state index in [4.69, 9.17) is 11.6 Å². The predicted octanol–water partition coefficient (Wildman–Crippen LogP) is 2.33. The van der Waals surface area contributed by atoms with Crippen LogP contribution in [0, 0.1) is 0 Å². The van der Waals surface area contributed by atoms with Gasteiger partial charge in [-0.1, -0.05) is 0 Å². The quantitative estimate of drug-likeness (QED) is 0.745. The standard InChI is InChI=1S/C11H15ClF3NO2/c12-7-3-8-1-2-9(4-7)16(8)10(17)5-18-6-11(13,14)15/h7-9H,1-6H2. The lowest BCUT2D eigenvalue weighted by Gasteiger charge is -2.37. The largest absolute Gasteiger partial charge is 0.411 e. The van der Waals surface area contributed by atoms with E-state index in [1.54, 1.807) is 4.90 Å². The summed E-state index contributed by atoms with van der Waals surface area (Å²) in [6, 6.07) is 0.154. The number of rotatable bonds is 3. The van der Waals surface area contributed by atoms with E-state index in [1.807, 2.05) is 0 Å². The van der Waals surface area contributed by atoms with E-state index in [2.05, 4.69) is 4.74 Å². The third-order valence-electron chi connectivity index (χ3n) is 3.45. The molecule has 3 nitrogen and oxygen atoms in total. The molecule has 2 heterocycles. The second-order valence-corrected chi connectivity index (χ2v) is 5.48. The summed E-state index contributed by atoms with van der Waals surface area (Å²) >= 11 is 6.06. The number of carbonyl (C=O) groups is 1. The van der Waals surface area contributed by atoms with Crippen molar-refractivity contribution in [3.05, 3.63) is 0 Å². The molecule has 2 unspecified atom stereocenters. The van der Waals surface area contributed by atoms with E-state index in [0.717, 1.165) is 25.7 Å². The van der Waals surface area contributed by atoms with E-state index in [9.17, 15) is 18.0 Å². The predicted molar refractivity (Wildman–Crippen MR) is 59.4 cm³/mol. The normalized spacial score (nSPS) is 31.8. The molecule has 0 aliphatic carbocycles. The van der Waals surface area contributed by atoms with Crippen LogP contribution in [-0.2, 0) is 9.53 Å². The van der Waals surface area contributed by atoms with Crippen LogP contribution < -0.4 is 0 Å². The van der Waals surface area contributed by atoms with Crippen LogP contribution in [0.5, 0.6) is 0 Å². The molecule has 2 atom stereocenters. The van der Waals surface area contributed by atoms with Crippen LogP contribution in [0.3, 0.4) is 0 Å². The number of hydrogen-bond donors (Lipinski definition) is 0. The van der Waals surface area contributed by atoms with Gasteiger partial charge >= 0.3 is 6.18 Å². The first-order valence-electron chi connectivity index (χ1n) is 5.96. The van der Waals surface area contributed by atoms with E-state index in [0.29, 0.717) is 0 Å². The number of carbonyl (C=O) groups excluding carboxylic acids is 1. The van der Waals surface area contributed by atoms with Crippen molar-refractivity contribution in [2.75, 3.05) is 13.2 Å². The summed E-state index contributed by atoms with van der Waals surface area (Å²) in [7, 11) is 0. The maximum Gasteiger partial charge on any atom is 0.411 e. The van der Waals surface area contributed by atoms with Crippen molar-refractivity contribution in [1.29, 1.82) is 0 Å². The molecule has 0 radical (unpaired) electrons. The van der Waals surface area contributed by atoms with Gasteiger partial charge in [0.05, 0.1) is 0 Å². The van der Waals surface area contributed by atoms with Gasteiger partial charge in [0.15, 0.2) is 0 Å². The zero-order chi connectivity index (χ0) is 13.3. The van der Waals surface area contributed by atoms with Crippen LogP contribution in [0.4, 0.5) is 13.2 Å². The molecular formula is C11H15ClF3NO2. The average Bonchev–Trinajstić information content (AvgIpc) is 2.49. The SMILES string of the molecule is O=C(COCC(F)(F)F)N1C2CCC1CC(Cl)C2. The van der Waals surface area contributed by atoms with E-state index >= 15 is 0 Å². The molecule has 2 fully saturated rings. The summed E-state index contributed by atoms with van der Waals surface area (Å²) in [4.78, 5) is 13.5. The zero-order valence-corrected chi connectivity index (χ0v) is 10.5. The third-order valence-corrected chi connectivity index (χ3v) is 3.81. The Kier molecular flexibility index (Phi) is 4.06. The molecule has 2 rings (SSSR count). The number of amides is 1. The first-order chi connectivity index (χ1) is 8.37. The number of fused-ring (bicyclic) bond motifs is 2. The number of ether oxygens (including phenoxy) is 1. The fraction of sp³-hybridized carbons (Fsp3) is 0.909. The Morgan fingerprint density at radius 2 is 1.83 bits per heavy atom. The van der Waals surface area contributed by atoms with Gasteiger partial charge in [-0.05, 0) is 25.7 Å². The highest BCUT2D eigenvalue weighted by molar-refractivity contribution is 6.20. The summed E-state index contributed by atoms with van der Waals surface area (Å²) in [5, 5.41) is 0.0719. The van der Waals surface area contributed by atoms with Crippen molar-refractivity contribution in [2.45, 2.75) is 49.3 Å². The molecular weight excluding hydrogens is 271 g/mol. The van der Waals surface area contributed by atoms with Gasteiger partial charge in [-0.2, -0.15) is 13.2 Å². The zero-order valence-electron chi connectivity index (χ0n) is 9.75. The van der Waals surface area contributed by atoms with E-state index in [-0.39, 0.29) is 23.4 Å². The first kappa shape index (κ1) is 13.9. The van der Waals surface area contributed by atoms with Crippen LogP contribution in [0.1, 0.15) is 25.7 Å². The Bertz CT molecular complexity index is 310. The van der Waals surface area contributed by atoms with Crippen molar-refractivity contribution in [1.82, 2.24) is 4.90 Å². The van der Waals surface area contributed by atoms with Crippen molar-refractivity contribution in [3.8, 4) is 0 Å². The molecule has 0 aromatic carbocycles. The fourth-order valence-electron chi connectivity index (χ4n) is 2.85. The van der Waals surface area contributed by atoms with E-state index in [1.165, 1.54) is 0 Å².